The van der Waals surface area contributed by atoms with Crippen LogP contribution >= 0.6 is 0 Å². The van der Waals surface area contributed by atoms with Gasteiger partial charge in [0.1, 0.15) is 35.8 Å². The van der Waals surface area contributed by atoms with E-state index in [1.54, 1.807) is 16.4 Å². The molecule has 2 aromatic carbocycles. The highest BCUT2D eigenvalue weighted by molar-refractivity contribution is 5.97. The van der Waals surface area contributed by atoms with Crippen molar-refractivity contribution >= 4 is 40.1 Å². The lowest BCUT2D eigenvalue weighted by molar-refractivity contribution is -0.117. The van der Waals surface area contributed by atoms with Gasteiger partial charge in [0.05, 0.1) is 42.3 Å². The Kier molecular flexibility index (Phi) is 6.74. The third-order valence-electron chi connectivity index (χ3n) is 7.75. The van der Waals surface area contributed by atoms with Crippen LogP contribution in [-0.2, 0) is 9.53 Å². The largest absolute Gasteiger partial charge is 0.487 e. The Bertz CT molecular complexity index is 1700. The molecule has 6 rings (SSSR count). The molecule has 0 saturated carbocycles. The van der Waals surface area contributed by atoms with Crippen LogP contribution in [0.4, 0.5) is 25.0 Å². The first-order chi connectivity index (χ1) is 20.0. The quantitative estimate of drug-likeness (QED) is 0.420. The minimum absolute atomic E-state index is 0.00825. The lowest BCUT2D eigenvalue weighted by atomic mass is 10.0. The molecule has 4 heterocycles. The summed E-state index contributed by atoms with van der Waals surface area (Å²) in [6.45, 7) is 4.01. The summed E-state index contributed by atoms with van der Waals surface area (Å²) in [5, 5.41) is 9.37. The Morgan fingerprint density at radius 3 is 2.57 bits per heavy atom. The maximum absolute atomic E-state index is 15.4. The van der Waals surface area contributed by atoms with Crippen LogP contribution < -0.4 is 24.7 Å². The molecule has 1 unspecified atom stereocenters. The first kappa shape index (κ1) is 27.5. The van der Waals surface area contributed by atoms with Crippen molar-refractivity contribution < 1.29 is 42.5 Å². The number of aromatic carboxylic acids is 1. The summed E-state index contributed by atoms with van der Waals surface area (Å²) in [5.41, 5.74) is -0.514. The van der Waals surface area contributed by atoms with E-state index in [2.05, 4.69) is 0 Å². The summed E-state index contributed by atoms with van der Waals surface area (Å²) in [7, 11) is 0. The number of pyridine rings is 1. The van der Waals surface area contributed by atoms with Gasteiger partial charge in [0.2, 0.25) is 5.43 Å². The van der Waals surface area contributed by atoms with Crippen molar-refractivity contribution in [2.45, 2.75) is 44.9 Å². The number of carbonyl (C=O) groups is 3. The molecule has 0 radical (unpaired) electrons. The number of rotatable bonds is 8. The fourth-order valence-electron chi connectivity index (χ4n) is 5.53. The molecule has 1 amide bonds. The minimum atomic E-state index is -1.40. The van der Waals surface area contributed by atoms with E-state index < -0.39 is 46.9 Å². The molecule has 1 N–H and O–H groups in total. The number of amides is 1. The highest BCUT2D eigenvalue weighted by atomic mass is 19.1. The monoisotopic (exact) mass is 583 g/mol. The number of carboxylic acids is 1. The zero-order valence-corrected chi connectivity index (χ0v) is 22.8. The number of hydrogen-bond donors (Lipinski definition) is 1. The van der Waals surface area contributed by atoms with Crippen molar-refractivity contribution in [3.63, 3.8) is 0 Å². The number of aromatic nitrogens is 1. The van der Waals surface area contributed by atoms with Gasteiger partial charge in [-0.2, -0.15) is 0 Å². The van der Waals surface area contributed by atoms with Crippen molar-refractivity contribution in [1.29, 1.82) is 0 Å². The molecule has 2 fully saturated rings. The topological polar surface area (TPSA) is 128 Å². The van der Waals surface area contributed by atoms with Crippen LogP contribution in [0.25, 0.3) is 10.9 Å². The predicted octanol–water partition coefficient (Wildman–Crippen LogP) is 3.89. The molecule has 220 valence electrons. The summed E-state index contributed by atoms with van der Waals surface area (Å²) in [6, 6.07) is 4.86. The van der Waals surface area contributed by atoms with Gasteiger partial charge in [0.25, 0.3) is 0 Å². The third-order valence-corrected chi connectivity index (χ3v) is 7.75. The molecule has 0 spiro atoms. The summed E-state index contributed by atoms with van der Waals surface area (Å²) in [4.78, 5) is 50.9. The second-order valence-corrected chi connectivity index (χ2v) is 10.8. The van der Waals surface area contributed by atoms with Gasteiger partial charge in [-0.15, -0.1) is 0 Å². The van der Waals surface area contributed by atoms with Crippen LogP contribution in [0.1, 0.15) is 43.1 Å². The average Bonchev–Trinajstić information content (AvgIpc) is 3.29. The van der Waals surface area contributed by atoms with Crippen molar-refractivity contribution in [3.05, 3.63) is 57.9 Å². The smallest absolute Gasteiger partial charge is 0.414 e. The maximum atomic E-state index is 15.4. The standard InChI is InChI=1S/C29H27F2N3O8/c1-14-13-40-27-24-19(26(36)20(28(37)38)12-33(14)24)8-22(31)25(27)32-9-18(10-32)41-23-6-4-16(7-21(23)30)34-11-17(42-29(34)39)5-3-15(2)35/h4,6-8,12,14,17-18H,3,5,9-11,13H2,1-2H3,(H,37,38)/t14?,17-/m0/s1. The number of Topliss-reactive ketones (excluding diaryl/α,β-unsaturated/α-hetero) is 1. The zero-order chi connectivity index (χ0) is 29.9. The highest BCUT2D eigenvalue weighted by Crippen LogP contribution is 2.43. The number of anilines is 2. The first-order valence-corrected chi connectivity index (χ1v) is 13.5. The molecule has 3 aliphatic heterocycles. The maximum Gasteiger partial charge on any atom is 0.414 e. The lowest BCUT2D eigenvalue weighted by Crippen LogP contribution is -2.54. The van der Waals surface area contributed by atoms with Crippen LogP contribution in [0.3, 0.4) is 0 Å². The Morgan fingerprint density at radius 1 is 1.12 bits per heavy atom. The van der Waals surface area contributed by atoms with E-state index in [9.17, 15) is 28.7 Å². The number of benzene rings is 2. The molecular weight excluding hydrogens is 556 g/mol. The van der Waals surface area contributed by atoms with Gasteiger partial charge in [-0.05, 0) is 38.5 Å². The van der Waals surface area contributed by atoms with E-state index in [1.807, 2.05) is 0 Å². The van der Waals surface area contributed by atoms with Crippen molar-refractivity contribution in [1.82, 2.24) is 4.57 Å². The van der Waals surface area contributed by atoms with Gasteiger partial charge in [-0.25, -0.2) is 18.4 Å². The predicted molar refractivity (Wildman–Crippen MR) is 146 cm³/mol. The van der Waals surface area contributed by atoms with Gasteiger partial charge in [0, 0.05) is 18.7 Å². The van der Waals surface area contributed by atoms with Gasteiger partial charge in [-0.3, -0.25) is 9.69 Å². The molecule has 42 heavy (non-hydrogen) atoms. The molecule has 11 nitrogen and oxygen atoms in total. The van der Waals surface area contributed by atoms with E-state index in [0.29, 0.717) is 17.6 Å². The molecule has 2 saturated heterocycles. The average molecular weight is 584 g/mol. The molecule has 3 aliphatic rings. The molecular formula is C29H27F2N3O8. The van der Waals surface area contributed by atoms with Gasteiger partial charge in [0.15, 0.2) is 23.1 Å². The first-order valence-electron chi connectivity index (χ1n) is 13.5. The summed E-state index contributed by atoms with van der Waals surface area (Å²) in [5.74, 6) is -2.73. The second-order valence-electron chi connectivity index (χ2n) is 10.8. The van der Waals surface area contributed by atoms with E-state index >= 15 is 4.39 Å². The Morgan fingerprint density at radius 2 is 1.88 bits per heavy atom. The van der Waals surface area contributed by atoms with Gasteiger partial charge < -0.3 is 33.6 Å². The molecule has 0 aliphatic carbocycles. The van der Waals surface area contributed by atoms with Crippen LogP contribution in [0.2, 0.25) is 0 Å². The fourth-order valence-corrected chi connectivity index (χ4v) is 5.53. The number of ether oxygens (including phenoxy) is 3. The Hall–Kier alpha value is -4.68. The number of carboxylic acid groups (broad SMARTS) is 1. The van der Waals surface area contributed by atoms with E-state index in [0.717, 1.165) is 6.07 Å². The number of hydrogen-bond acceptors (Lipinski definition) is 8. The second kappa shape index (κ2) is 10.3. The Balaban J connectivity index is 1.18. The summed E-state index contributed by atoms with van der Waals surface area (Å²) >= 11 is 0. The van der Waals surface area contributed by atoms with Crippen LogP contribution in [0, 0.1) is 11.6 Å². The highest BCUT2D eigenvalue weighted by Gasteiger charge is 2.37. The molecule has 2 atom stereocenters. The minimum Gasteiger partial charge on any atom is -0.487 e. The fraction of sp³-hybridized carbons (Fsp3) is 0.379. The van der Waals surface area contributed by atoms with Crippen molar-refractivity contribution in [2.75, 3.05) is 36.0 Å². The number of carbonyl (C=O) groups excluding carboxylic acids is 2. The number of nitrogens with zero attached hydrogens (tertiary/aromatic N) is 3. The lowest BCUT2D eigenvalue weighted by Gasteiger charge is -2.42. The Labute approximate surface area is 237 Å². The van der Waals surface area contributed by atoms with E-state index in [1.165, 1.54) is 36.2 Å². The van der Waals surface area contributed by atoms with Crippen LogP contribution in [0.15, 0.2) is 35.3 Å². The summed E-state index contributed by atoms with van der Waals surface area (Å²) < 4.78 is 48.9. The SMILES string of the molecule is CC(=O)CC[C@H]1CN(c2ccc(OC3CN(c4c(F)cc5c(=O)c(C(=O)O)cn6c5c4OCC6C)C3)c(F)c2)C(=O)O1. The van der Waals surface area contributed by atoms with Crippen LogP contribution in [-0.4, -0.2) is 66.0 Å². The van der Waals surface area contributed by atoms with Crippen LogP contribution in [0.5, 0.6) is 11.5 Å². The molecule has 1 aromatic heterocycles. The zero-order valence-electron chi connectivity index (χ0n) is 22.8. The number of ketones is 1. The van der Waals surface area contributed by atoms with E-state index in [4.69, 9.17) is 14.2 Å². The molecule has 3 aromatic rings. The number of halogens is 2. The van der Waals surface area contributed by atoms with Gasteiger partial charge in [-0.1, -0.05) is 0 Å². The summed E-state index contributed by atoms with van der Waals surface area (Å²) in [6.07, 6.45) is 0.377. The number of cyclic esters (lactones) is 1. The normalized spacial score (nSPS) is 19.9. The molecule has 13 heteroatoms. The third kappa shape index (κ3) is 4.68. The van der Waals surface area contributed by atoms with Crippen molar-refractivity contribution in [3.8, 4) is 11.5 Å². The van der Waals surface area contributed by atoms with Crippen molar-refractivity contribution in [2.24, 2.45) is 0 Å². The molecule has 0 bridgehead atoms. The van der Waals surface area contributed by atoms with E-state index in [-0.39, 0.29) is 67.1 Å². The van der Waals surface area contributed by atoms with Gasteiger partial charge >= 0.3 is 12.1 Å².